The van der Waals surface area contributed by atoms with Crippen LogP contribution in [0.1, 0.15) is 32.1 Å². The van der Waals surface area contributed by atoms with E-state index in [2.05, 4.69) is 0 Å². The molecule has 0 nitrogen and oxygen atoms in total. The lowest BCUT2D eigenvalue weighted by atomic mass is 9.89. The second-order valence-corrected chi connectivity index (χ2v) is 2.83. The van der Waals surface area contributed by atoms with Gasteiger partial charge in [0.25, 0.3) is 0 Å². The first kappa shape index (κ1) is 7.70. The molecule has 0 spiro atoms. The van der Waals surface area contributed by atoms with Gasteiger partial charge in [-0.3, -0.25) is 0 Å². The average molecular weight is 146 g/mol. The van der Waals surface area contributed by atoms with Gasteiger partial charge in [-0.15, -0.1) is 0 Å². The summed E-state index contributed by atoms with van der Waals surface area (Å²) in [7, 11) is 0. The lowest BCUT2D eigenvalue weighted by Crippen LogP contribution is -2.05. The fourth-order valence-electron chi connectivity index (χ4n) is 1.47. The van der Waals surface area contributed by atoms with Gasteiger partial charge in [0.2, 0.25) is 0 Å². The Morgan fingerprint density at radius 1 is 1.20 bits per heavy atom. The maximum Gasteiger partial charge on any atom is 0.131 e. The second kappa shape index (κ2) is 3.69. The smallest absolute Gasteiger partial charge is 0.131 e. The number of hydrogen-bond acceptors (Lipinski definition) is 0. The highest BCUT2D eigenvalue weighted by atomic mass is 19.2. The number of rotatable bonds is 1. The van der Waals surface area contributed by atoms with Gasteiger partial charge in [-0.05, 0) is 12.8 Å². The van der Waals surface area contributed by atoms with Gasteiger partial charge < -0.3 is 0 Å². The molecule has 1 saturated carbocycles. The first-order valence-corrected chi connectivity index (χ1v) is 3.80. The molecule has 10 heavy (non-hydrogen) atoms. The van der Waals surface area contributed by atoms with Crippen molar-refractivity contribution in [1.29, 1.82) is 0 Å². The van der Waals surface area contributed by atoms with Crippen LogP contribution in [0.15, 0.2) is 12.2 Å². The molecule has 1 aliphatic rings. The topological polar surface area (TPSA) is 0 Å². The van der Waals surface area contributed by atoms with E-state index in [4.69, 9.17) is 0 Å². The van der Waals surface area contributed by atoms with Crippen LogP contribution in [0.3, 0.4) is 0 Å². The Bertz CT molecular complexity index is 123. The third kappa shape index (κ3) is 1.79. The van der Waals surface area contributed by atoms with Crippen molar-refractivity contribution < 1.29 is 8.78 Å². The van der Waals surface area contributed by atoms with Gasteiger partial charge in [0.15, 0.2) is 0 Å². The molecule has 58 valence electrons. The van der Waals surface area contributed by atoms with Crippen molar-refractivity contribution in [2.45, 2.75) is 32.1 Å². The van der Waals surface area contributed by atoms with Crippen LogP contribution in [0.4, 0.5) is 8.78 Å². The van der Waals surface area contributed by atoms with Crippen molar-refractivity contribution in [2.75, 3.05) is 0 Å². The minimum Gasteiger partial charge on any atom is -0.213 e. The fraction of sp³-hybridized carbons (Fsp3) is 0.750. The zero-order chi connectivity index (χ0) is 7.40. The van der Waals surface area contributed by atoms with Crippen molar-refractivity contribution in [1.82, 2.24) is 0 Å². The van der Waals surface area contributed by atoms with E-state index in [1.807, 2.05) is 0 Å². The molecular formula is C8H12F2. The zero-order valence-electron chi connectivity index (χ0n) is 5.95. The first-order valence-electron chi connectivity index (χ1n) is 3.80. The molecule has 0 saturated heterocycles. The Morgan fingerprint density at radius 2 is 1.80 bits per heavy atom. The van der Waals surface area contributed by atoms with E-state index in [1.165, 1.54) is 6.42 Å². The maximum atomic E-state index is 12.5. The highest BCUT2D eigenvalue weighted by Gasteiger charge is 2.17. The number of halogens is 2. The Morgan fingerprint density at radius 3 is 2.30 bits per heavy atom. The summed E-state index contributed by atoms with van der Waals surface area (Å²) in [6.07, 6.45) is 5.03. The van der Waals surface area contributed by atoms with Crippen molar-refractivity contribution in [3.8, 4) is 0 Å². The summed E-state index contributed by atoms with van der Waals surface area (Å²) in [6.45, 7) is 0. The molecular weight excluding hydrogens is 134 g/mol. The van der Waals surface area contributed by atoms with Crippen molar-refractivity contribution >= 4 is 0 Å². The Labute approximate surface area is 59.9 Å². The molecule has 0 amide bonds. The summed E-state index contributed by atoms with van der Waals surface area (Å²) < 4.78 is 24.1. The van der Waals surface area contributed by atoms with E-state index in [1.54, 1.807) is 0 Å². The molecule has 0 heterocycles. The molecule has 0 bridgehead atoms. The molecule has 0 aliphatic heterocycles. The first-order chi connectivity index (χ1) is 4.84. The normalized spacial score (nSPS) is 23.2. The van der Waals surface area contributed by atoms with Gasteiger partial charge in [0.1, 0.15) is 12.2 Å². The minimum atomic E-state index is -0.556. The summed E-state index contributed by atoms with van der Waals surface area (Å²) in [6, 6.07) is 0. The van der Waals surface area contributed by atoms with Crippen LogP contribution in [0.5, 0.6) is 0 Å². The fourth-order valence-corrected chi connectivity index (χ4v) is 1.47. The molecule has 0 aromatic rings. The van der Waals surface area contributed by atoms with Crippen LogP contribution in [-0.4, -0.2) is 0 Å². The highest BCUT2D eigenvalue weighted by molar-refractivity contribution is 4.93. The molecule has 0 aromatic heterocycles. The summed E-state index contributed by atoms with van der Waals surface area (Å²) in [5, 5.41) is 0. The van der Waals surface area contributed by atoms with E-state index in [-0.39, 0.29) is 12.2 Å². The van der Waals surface area contributed by atoms with E-state index < -0.39 is 5.83 Å². The number of allylic oxidation sites excluding steroid dienone is 1. The number of hydrogen-bond donors (Lipinski definition) is 0. The molecule has 0 atom stereocenters. The predicted molar refractivity (Wildman–Crippen MR) is 36.9 cm³/mol. The predicted octanol–water partition coefficient (Wildman–Crippen LogP) is 3.35. The van der Waals surface area contributed by atoms with E-state index in [0.29, 0.717) is 0 Å². The van der Waals surface area contributed by atoms with Crippen LogP contribution >= 0.6 is 0 Å². The SMILES string of the molecule is FC=C(F)C1CCCCC1. The summed E-state index contributed by atoms with van der Waals surface area (Å²) in [4.78, 5) is 0. The van der Waals surface area contributed by atoms with E-state index in [0.717, 1.165) is 25.7 Å². The second-order valence-electron chi connectivity index (χ2n) is 2.83. The van der Waals surface area contributed by atoms with Crippen LogP contribution < -0.4 is 0 Å². The maximum absolute atomic E-state index is 12.5. The molecule has 1 fully saturated rings. The third-order valence-corrected chi connectivity index (χ3v) is 2.10. The van der Waals surface area contributed by atoms with Crippen LogP contribution in [0.2, 0.25) is 0 Å². The van der Waals surface area contributed by atoms with E-state index in [9.17, 15) is 8.78 Å². The van der Waals surface area contributed by atoms with Crippen LogP contribution in [0.25, 0.3) is 0 Å². The Balaban J connectivity index is 2.39. The van der Waals surface area contributed by atoms with Gasteiger partial charge in [0, 0.05) is 5.92 Å². The summed E-state index contributed by atoms with van der Waals surface area (Å²) in [5.74, 6) is -0.668. The van der Waals surface area contributed by atoms with Crippen molar-refractivity contribution in [3.05, 3.63) is 12.2 Å². The quantitative estimate of drug-likeness (QED) is 0.532. The highest BCUT2D eigenvalue weighted by Crippen LogP contribution is 2.30. The molecule has 0 unspecified atom stereocenters. The average Bonchev–Trinajstić information content (AvgIpc) is 2.05. The van der Waals surface area contributed by atoms with Crippen molar-refractivity contribution in [3.63, 3.8) is 0 Å². The van der Waals surface area contributed by atoms with Gasteiger partial charge in [-0.1, -0.05) is 19.3 Å². The molecule has 0 radical (unpaired) electrons. The summed E-state index contributed by atoms with van der Waals surface area (Å²) in [5.41, 5.74) is 0. The zero-order valence-corrected chi connectivity index (χ0v) is 5.95. The Hall–Kier alpha value is -0.400. The summed E-state index contributed by atoms with van der Waals surface area (Å²) >= 11 is 0. The molecule has 0 N–H and O–H groups in total. The molecule has 1 aliphatic carbocycles. The third-order valence-electron chi connectivity index (χ3n) is 2.10. The van der Waals surface area contributed by atoms with Crippen LogP contribution in [0, 0.1) is 5.92 Å². The minimum absolute atomic E-state index is 0.107. The van der Waals surface area contributed by atoms with E-state index >= 15 is 0 Å². The monoisotopic (exact) mass is 146 g/mol. The lowest BCUT2D eigenvalue weighted by molar-refractivity contribution is 0.340. The van der Waals surface area contributed by atoms with Gasteiger partial charge in [-0.25, -0.2) is 8.78 Å². The Kier molecular flexibility index (Phi) is 2.84. The molecule has 0 aromatic carbocycles. The van der Waals surface area contributed by atoms with Crippen molar-refractivity contribution in [2.24, 2.45) is 5.92 Å². The molecule has 1 rings (SSSR count). The molecule has 2 heteroatoms. The van der Waals surface area contributed by atoms with Gasteiger partial charge >= 0.3 is 0 Å². The standard InChI is InChI=1S/C8H12F2/c9-6-8(10)7-4-2-1-3-5-7/h6-7H,1-5H2. The lowest BCUT2D eigenvalue weighted by Gasteiger charge is -2.18. The van der Waals surface area contributed by atoms with Gasteiger partial charge in [-0.2, -0.15) is 0 Å². The van der Waals surface area contributed by atoms with Crippen LogP contribution in [-0.2, 0) is 0 Å². The largest absolute Gasteiger partial charge is 0.213 e. The van der Waals surface area contributed by atoms with Gasteiger partial charge in [0.05, 0.1) is 0 Å².